The lowest BCUT2D eigenvalue weighted by atomic mass is 10.2. The molecule has 0 saturated heterocycles. The number of methoxy groups -OCH3 is 1. The summed E-state index contributed by atoms with van der Waals surface area (Å²) in [5.74, 6) is 0.418. The summed E-state index contributed by atoms with van der Waals surface area (Å²) in [6, 6.07) is 11.8. The number of hydrogen-bond donors (Lipinski definition) is 1. The van der Waals surface area contributed by atoms with Gasteiger partial charge in [0.2, 0.25) is 0 Å². The molecule has 2 aromatic carbocycles. The van der Waals surface area contributed by atoms with E-state index >= 15 is 0 Å². The number of carbonyl (C=O) groups is 1. The van der Waals surface area contributed by atoms with Crippen molar-refractivity contribution in [1.29, 1.82) is 0 Å². The zero-order valence-electron chi connectivity index (χ0n) is 13.9. The van der Waals surface area contributed by atoms with E-state index in [1.807, 2.05) is 19.1 Å². The Bertz CT molecular complexity index is 705. The Balaban J connectivity index is 1.85. The zero-order chi connectivity index (χ0) is 18.2. The van der Waals surface area contributed by atoms with Gasteiger partial charge in [0, 0.05) is 6.54 Å². The minimum absolute atomic E-state index is 0.0599. The second kappa shape index (κ2) is 8.86. The van der Waals surface area contributed by atoms with E-state index in [0.717, 1.165) is 5.56 Å². The van der Waals surface area contributed by atoms with Gasteiger partial charge in [0.05, 0.1) is 7.11 Å². The molecule has 0 saturated carbocycles. The van der Waals surface area contributed by atoms with Crippen LogP contribution >= 0.6 is 0 Å². The minimum atomic E-state index is -2.93. The minimum Gasteiger partial charge on any atom is -0.493 e. The van der Waals surface area contributed by atoms with Crippen LogP contribution in [-0.4, -0.2) is 26.2 Å². The van der Waals surface area contributed by atoms with Crippen LogP contribution in [0.5, 0.6) is 17.2 Å². The molecule has 1 amide bonds. The quantitative estimate of drug-likeness (QED) is 0.793. The molecule has 1 N–H and O–H groups in total. The van der Waals surface area contributed by atoms with Gasteiger partial charge in [0.25, 0.3) is 5.91 Å². The number of benzene rings is 2. The van der Waals surface area contributed by atoms with Gasteiger partial charge in [-0.25, -0.2) is 0 Å². The number of ether oxygens (including phenoxy) is 3. The summed E-state index contributed by atoms with van der Waals surface area (Å²) >= 11 is 0. The second-order valence-electron chi connectivity index (χ2n) is 5.24. The summed E-state index contributed by atoms with van der Waals surface area (Å²) < 4.78 is 39.3. The summed E-state index contributed by atoms with van der Waals surface area (Å²) in [5.41, 5.74) is 1.78. The molecule has 0 atom stereocenters. The van der Waals surface area contributed by atoms with E-state index in [1.54, 1.807) is 18.2 Å². The molecule has 2 rings (SSSR count). The van der Waals surface area contributed by atoms with Gasteiger partial charge in [0.1, 0.15) is 5.75 Å². The monoisotopic (exact) mass is 351 g/mol. The first-order valence-electron chi connectivity index (χ1n) is 7.56. The van der Waals surface area contributed by atoms with Crippen molar-refractivity contribution in [3.8, 4) is 17.2 Å². The molecule has 0 spiro atoms. The van der Waals surface area contributed by atoms with Crippen molar-refractivity contribution < 1.29 is 27.8 Å². The van der Waals surface area contributed by atoms with Crippen LogP contribution in [0, 0.1) is 6.92 Å². The maximum Gasteiger partial charge on any atom is 0.387 e. The molecule has 0 bridgehead atoms. The van der Waals surface area contributed by atoms with E-state index in [1.165, 1.54) is 19.2 Å². The van der Waals surface area contributed by atoms with Crippen molar-refractivity contribution in [1.82, 2.24) is 5.32 Å². The van der Waals surface area contributed by atoms with Crippen LogP contribution in [0.4, 0.5) is 8.78 Å². The zero-order valence-corrected chi connectivity index (χ0v) is 13.9. The first-order valence-corrected chi connectivity index (χ1v) is 7.56. The molecule has 0 aliphatic heterocycles. The van der Waals surface area contributed by atoms with Crippen molar-refractivity contribution in [2.45, 2.75) is 20.1 Å². The number of halogens is 2. The van der Waals surface area contributed by atoms with E-state index in [4.69, 9.17) is 9.47 Å². The van der Waals surface area contributed by atoms with E-state index in [0.29, 0.717) is 11.3 Å². The van der Waals surface area contributed by atoms with Gasteiger partial charge in [-0.15, -0.1) is 0 Å². The lowest BCUT2D eigenvalue weighted by Crippen LogP contribution is -2.28. The van der Waals surface area contributed by atoms with Gasteiger partial charge in [-0.05, 0) is 36.8 Å². The molecule has 0 aromatic heterocycles. The average molecular weight is 351 g/mol. The first kappa shape index (κ1) is 18.5. The van der Waals surface area contributed by atoms with Crippen molar-refractivity contribution >= 4 is 5.91 Å². The van der Waals surface area contributed by atoms with Crippen LogP contribution in [0.1, 0.15) is 11.1 Å². The number of aryl methyl sites for hydroxylation is 1. The molecule has 2 aromatic rings. The molecule has 7 heteroatoms. The predicted octanol–water partition coefficient (Wildman–Crippen LogP) is 3.30. The molecular formula is C18H19F2NO4. The molecule has 0 heterocycles. The molecular weight excluding hydrogens is 332 g/mol. The van der Waals surface area contributed by atoms with Crippen molar-refractivity contribution in [2.75, 3.05) is 13.7 Å². The Morgan fingerprint density at radius 1 is 1.12 bits per heavy atom. The molecule has 0 unspecified atom stereocenters. The van der Waals surface area contributed by atoms with Gasteiger partial charge in [-0.1, -0.05) is 23.8 Å². The van der Waals surface area contributed by atoms with E-state index in [-0.39, 0.29) is 30.6 Å². The second-order valence-corrected chi connectivity index (χ2v) is 5.24. The fourth-order valence-corrected chi connectivity index (χ4v) is 2.05. The highest BCUT2D eigenvalue weighted by atomic mass is 19.3. The number of nitrogens with one attached hydrogen (secondary N) is 1. The van der Waals surface area contributed by atoms with Crippen LogP contribution in [0.25, 0.3) is 0 Å². The van der Waals surface area contributed by atoms with Crippen molar-refractivity contribution in [2.24, 2.45) is 0 Å². The smallest absolute Gasteiger partial charge is 0.387 e. The third-order valence-corrected chi connectivity index (χ3v) is 3.32. The van der Waals surface area contributed by atoms with Crippen LogP contribution in [0.2, 0.25) is 0 Å². The van der Waals surface area contributed by atoms with Crippen LogP contribution < -0.4 is 19.5 Å². The Morgan fingerprint density at radius 3 is 2.48 bits per heavy atom. The van der Waals surface area contributed by atoms with Gasteiger partial charge in [-0.3, -0.25) is 4.79 Å². The fraction of sp³-hybridized carbons (Fsp3) is 0.278. The SMILES string of the molecule is COc1cc(CNC(=O)COc2ccc(C)cc2)ccc1OC(F)F. The number of hydrogen-bond acceptors (Lipinski definition) is 4. The Morgan fingerprint density at radius 2 is 1.84 bits per heavy atom. The van der Waals surface area contributed by atoms with E-state index in [2.05, 4.69) is 10.1 Å². The average Bonchev–Trinajstić information content (AvgIpc) is 2.60. The number of alkyl halides is 2. The topological polar surface area (TPSA) is 56.8 Å². The highest BCUT2D eigenvalue weighted by molar-refractivity contribution is 5.77. The van der Waals surface area contributed by atoms with Crippen LogP contribution in [0.15, 0.2) is 42.5 Å². The van der Waals surface area contributed by atoms with Crippen molar-refractivity contribution in [3.63, 3.8) is 0 Å². The predicted molar refractivity (Wildman–Crippen MR) is 88.1 cm³/mol. The molecule has 25 heavy (non-hydrogen) atoms. The highest BCUT2D eigenvalue weighted by Crippen LogP contribution is 2.29. The summed E-state index contributed by atoms with van der Waals surface area (Å²) in [7, 11) is 1.35. The van der Waals surface area contributed by atoms with Crippen LogP contribution in [0.3, 0.4) is 0 Å². The van der Waals surface area contributed by atoms with Gasteiger partial charge in [-0.2, -0.15) is 8.78 Å². The molecule has 134 valence electrons. The van der Waals surface area contributed by atoms with Gasteiger partial charge in [0.15, 0.2) is 18.1 Å². The maximum atomic E-state index is 12.3. The number of rotatable bonds is 8. The molecule has 0 radical (unpaired) electrons. The fourth-order valence-electron chi connectivity index (χ4n) is 2.05. The van der Waals surface area contributed by atoms with Crippen LogP contribution in [-0.2, 0) is 11.3 Å². The molecule has 0 aliphatic rings. The Labute approximate surface area is 144 Å². The Hall–Kier alpha value is -2.83. The molecule has 0 aliphatic carbocycles. The van der Waals surface area contributed by atoms with Gasteiger partial charge < -0.3 is 19.5 Å². The molecule has 0 fully saturated rings. The van der Waals surface area contributed by atoms with Gasteiger partial charge >= 0.3 is 6.61 Å². The number of carbonyl (C=O) groups excluding carboxylic acids is 1. The highest BCUT2D eigenvalue weighted by Gasteiger charge is 2.11. The van der Waals surface area contributed by atoms with E-state index in [9.17, 15) is 13.6 Å². The normalized spacial score (nSPS) is 10.4. The summed E-state index contributed by atoms with van der Waals surface area (Å²) in [6.07, 6.45) is 0. The molecule has 5 nitrogen and oxygen atoms in total. The Kier molecular flexibility index (Phi) is 6.56. The maximum absolute atomic E-state index is 12.3. The summed E-state index contributed by atoms with van der Waals surface area (Å²) in [6.45, 7) is -0.880. The van der Waals surface area contributed by atoms with Crippen molar-refractivity contribution in [3.05, 3.63) is 53.6 Å². The lowest BCUT2D eigenvalue weighted by Gasteiger charge is -2.12. The first-order chi connectivity index (χ1) is 12.0. The third kappa shape index (κ3) is 5.95. The largest absolute Gasteiger partial charge is 0.493 e. The summed E-state index contributed by atoms with van der Waals surface area (Å²) in [4.78, 5) is 11.8. The standard InChI is InChI=1S/C18H19F2NO4/c1-12-3-6-14(7-4-12)24-11-17(22)21-10-13-5-8-15(25-18(19)20)16(9-13)23-2/h3-9,18H,10-11H2,1-2H3,(H,21,22). The summed E-state index contributed by atoms with van der Waals surface area (Å²) in [5, 5.41) is 2.68. The lowest BCUT2D eigenvalue weighted by molar-refractivity contribution is -0.123. The number of amides is 1. The van der Waals surface area contributed by atoms with E-state index < -0.39 is 6.61 Å². The third-order valence-electron chi connectivity index (χ3n) is 3.32.